The van der Waals surface area contributed by atoms with E-state index in [0.717, 1.165) is 35.3 Å². The standard InChI is InChI=1S/C15H20ClN3/c1-9(2)19-14-8-11(16)4-6-13(14)18-15(19)10-3-5-12(17)7-10/h4,6,8-10,12H,3,5,7,17H2,1-2H3/t10-,12+/m1/s1. The van der Waals surface area contributed by atoms with E-state index in [4.69, 9.17) is 22.3 Å². The van der Waals surface area contributed by atoms with Crippen molar-refractivity contribution in [2.75, 3.05) is 0 Å². The second kappa shape index (κ2) is 4.80. The number of halogens is 1. The molecular weight excluding hydrogens is 258 g/mol. The Kier molecular flexibility index (Phi) is 3.27. The summed E-state index contributed by atoms with van der Waals surface area (Å²) in [6.07, 6.45) is 3.29. The summed E-state index contributed by atoms with van der Waals surface area (Å²) in [7, 11) is 0. The predicted molar refractivity (Wildman–Crippen MR) is 79.7 cm³/mol. The number of rotatable bonds is 2. The van der Waals surface area contributed by atoms with Gasteiger partial charge in [0.25, 0.3) is 0 Å². The Hall–Kier alpha value is -1.06. The van der Waals surface area contributed by atoms with Gasteiger partial charge in [0, 0.05) is 23.0 Å². The molecule has 1 aliphatic rings. The van der Waals surface area contributed by atoms with Crippen LogP contribution in [0.3, 0.4) is 0 Å². The fourth-order valence-corrected chi connectivity index (χ4v) is 3.33. The van der Waals surface area contributed by atoms with Crippen molar-refractivity contribution in [1.82, 2.24) is 9.55 Å². The van der Waals surface area contributed by atoms with Gasteiger partial charge in [0.1, 0.15) is 5.82 Å². The van der Waals surface area contributed by atoms with Crippen LogP contribution >= 0.6 is 11.6 Å². The normalized spacial score (nSPS) is 23.6. The van der Waals surface area contributed by atoms with E-state index < -0.39 is 0 Å². The van der Waals surface area contributed by atoms with Crippen molar-refractivity contribution < 1.29 is 0 Å². The zero-order valence-corrected chi connectivity index (χ0v) is 12.2. The van der Waals surface area contributed by atoms with Crippen LogP contribution in [0.4, 0.5) is 0 Å². The molecule has 102 valence electrons. The molecule has 3 nitrogen and oxygen atoms in total. The second-order valence-electron chi connectivity index (χ2n) is 5.84. The van der Waals surface area contributed by atoms with Gasteiger partial charge in [-0.25, -0.2) is 4.98 Å². The number of nitrogens with zero attached hydrogens (tertiary/aromatic N) is 2. The van der Waals surface area contributed by atoms with Gasteiger partial charge < -0.3 is 10.3 Å². The Balaban J connectivity index is 2.15. The quantitative estimate of drug-likeness (QED) is 0.906. The van der Waals surface area contributed by atoms with Crippen LogP contribution in [0.2, 0.25) is 5.02 Å². The number of aromatic nitrogens is 2. The topological polar surface area (TPSA) is 43.8 Å². The molecule has 4 heteroatoms. The van der Waals surface area contributed by atoms with E-state index in [1.807, 2.05) is 18.2 Å². The monoisotopic (exact) mass is 277 g/mol. The van der Waals surface area contributed by atoms with E-state index in [0.29, 0.717) is 18.0 Å². The first-order valence-electron chi connectivity index (χ1n) is 6.99. The molecule has 0 aliphatic heterocycles. The number of imidazole rings is 1. The van der Waals surface area contributed by atoms with Crippen LogP contribution in [0.5, 0.6) is 0 Å². The fourth-order valence-electron chi connectivity index (χ4n) is 3.17. The number of nitrogens with two attached hydrogens (primary N) is 1. The molecule has 1 aromatic carbocycles. The van der Waals surface area contributed by atoms with E-state index >= 15 is 0 Å². The van der Waals surface area contributed by atoms with Crippen molar-refractivity contribution in [3.63, 3.8) is 0 Å². The zero-order chi connectivity index (χ0) is 13.6. The van der Waals surface area contributed by atoms with Crippen LogP contribution in [0.1, 0.15) is 50.9 Å². The molecule has 19 heavy (non-hydrogen) atoms. The molecule has 2 N–H and O–H groups in total. The number of hydrogen-bond donors (Lipinski definition) is 1. The van der Waals surface area contributed by atoms with Crippen LogP contribution in [-0.2, 0) is 0 Å². The van der Waals surface area contributed by atoms with Gasteiger partial charge in [-0.05, 0) is 51.3 Å². The molecule has 3 rings (SSSR count). The van der Waals surface area contributed by atoms with Crippen molar-refractivity contribution >= 4 is 22.6 Å². The van der Waals surface area contributed by atoms with Crippen LogP contribution in [0.15, 0.2) is 18.2 Å². The maximum Gasteiger partial charge on any atom is 0.113 e. The summed E-state index contributed by atoms with van der Waals surface area (Å²) in [6, 6.07) is 6.65. The maximum atomic E-state index is 6.13. The van der Waals surface area contributed by atoms with E-state index in [-0.39, 0.29) is 0 Å². The molecular formula is C15H20ClN3. The molecule has 0 unspecified atom stereocenters. The molecule has 1 heterocycles. The molecule has 2 atom stereocenters. The molecule has 0 radical (unpaired) electrons. The lowest BCUT2D eigenvalue weighted by Gasteiger charge is -2.17. The molecule has 0 amide bonds. The first kappa shape index (κ1) is 12.9. The van der Waals surface area contributed by atoms with E-state index in [1.54, 1.807) is 0 Å². The Morgan fingerprint density at radius 1 is 1.37 bits per heavy atom. The Bertz CT molecular complexity index is 603. The highest BCUT2D eigenvalue weighted by Crippen LogP contribution is 2.36. The minimum atomic E-state index is 0.328. The fraction of sp³-hybridized carbons (Fsp3) is 0.533. The molecule has 0 spiro atoms. The largest absolute Gasteiger partial charge is 0.328 e. The van der Waals surface area contributed by atoms with Crippen molar-refractivity contribution in [2.24, 2.45) is 5.73 Å². The third-order valence-corrected chi connectivity index (χ3v) is 4.27. The van der Waals surface area contributed by atoms with E-state index in [9.17, 15) is 0 Å². The smallest absolute Gasteiger partial charge is 0.113 e. The highest BCUT2D eigenvalue weighted by Gasteiger charge is 2.28. The molecule has 0 bridgehead atoms. The lowest BCUT2D eigenvalue weighted by atomic mass is 10.1. The zero-order valence-electron chi connectivity index (χ0n) is 11.4. The highest BCUT2D eigenvalue weighted by molar-refractivity contribution is 6.31. The average Bonchev–Trinajstić information content (AvgIpc) is 2.91. The summed E-state index contributed by atoms with van der Waals surface area (Å²) in [4.78, 5) is 4.84. The van der Waals surface area contributed by atoms with Crippen LogP contribution < -0.4 is 5.73 Å². The first-order valence-corrected chi connectivity index (χ1v) is 7.37. The Labute approximate surface area is 118 Å². The van der Waals surface area contributed by atoms with Crippen molar-refractivity contribution in [2.45, 2.75) is 51.1 Å². The number of hydrogen-bond acceptors (Lipinski definition) is 2. The molecule has 1 fully saturated rings. The van der Waals surface area contributed by atoms with Gasteiger partial charge >= 0.3 is 0 Å². The van der Waals surface area contributed by atoms with Gasteiger partial charge in [-0.2, -0.15) is 0 Å². The van der Waals surface area contributed by atoms with Gasteiger partial charge in [0.05, 0.1) is 11.0 Å². The molecule has 2 aromatic rings. The third kappa shape index (κ3) is 2.26. The predicted octanol–water partition coefficient (Wildman–Crippen LogP) is 3.87. The van der Waals surface area contributed by atoms with Crippen molar-refractivity contribution in [1.29, 1.82) is 0 Å². The first-order chi connectivity index (χ1) is 9.06. The molecule has 1 saturated carbocycles. The van der Waals surface area contributed by atoms with Gasteiger partial charge in [0.15, 0.2) is 0 Å². The lowest BCUT2D eigenvalue weighted by Crippen LogP contribution is -2.16. The second-order valence-corrected chi connectivity index (χ2v) is 6.27. The van der Waals surface area contributed by atoms with Crippen molar-refractivity contribution in [3.8, 4) is 0 Å². The van der Waals surface area contributed by atoms with Crippen LogP contribution in [-0.4, -0.2) is 15.6 Å². The summed E-state index contributed by atoms with van der Waals surface area (Å²) >= 11 is 6.13. The van der Waals surface area contributed by atoms with E-state index in [1.165, 1.54) is 5.82 Å². The molecule has 1 aliphatic carbocycles. The summed E-state index contributed by atoms with van der Waals surface area (Å²) in [5.74, 6) is 1.67. The minimum Gasteiger partial charge on any atom is -0.328 e. The SMILES string of the molecule is CC(C)n1c([C@@H]2CC[C@H](N)C2)nc2ccc(Cl)cc21. The summed E-state index contributed by atoms with van der Waals surface area (Å²) in [5, 5.41) is 0.768. The highest BCUT2D eigenvalue weighted by atomic mass is 35.5. The van der Waals surface area contributed by atoms with Gasteiger partial charge in [-0.15, -0.1) is 0 Å². The maximum absolute atomic E-state index is 6.13. The van der Waals surface area contributed by atoms with E-state index in [2.05, 4.69) is 18.4 Å². The van der Waals surface area contributed by atoms with Crippen LogP contribution in [0.25, 0.3) is 11.0 Å². The Morgan fingerprint density at radius 3 is 2.79 bits per heavy atom. The average molecular weight is 278 g/mol. The number of benzene rings is 1. The molecule has 0 saturated heterocycles. The van der Waals surface area contributed by atoms with Crippen molar-refractivity contribution in [3.05, 3.63) is 29.0 Å². The third-order valence-electron chi connectivity index (χ3n) is 4.03. The van der Waals surface area contributed by atoms with Gasteiger partial charge in [0.2, 0.25) is 0 Å². The van der Waals surface area contributed by atoms with Gasteiger partial charge in [-0.3, -0.25) is 0 Å². The Morgan fingerprint density at radius 2 is 2.16 bits per heavy atom. The number of fused-ring (bicyclic) bond motifs is 1. The summed E-state index contributed by atoms with van der Waals surface area (Å²) in [5.41, 5.74) is 8.22. The lowest BCUT2D eigenvalue weighted by molar-refractivity contribution is 0.536. The summed E-state index contributed by atoms with van der Waals surface area (Å²) in [6.45, 7) is 4.39. The summed E-state index contributed by atoms with van der Waals surface area (Å²) < 4.78 is 2.32. The van der Waals surface area contributed by atoms with Crippen LogP contribution in [0, 0.1) is 0 Å². The molecule has 1 aromatic heterocycles. The van der Waals surface area contributed by atoms with Gasteiger partial charge in [-0.1, -0.05) is 11.6 Å². The minimum absolute atomic E-state index is 0.328.